The van der Waals surface area contributed by atoms with Crippen LogP contribution in [0.3, 0.4) is 0 Å². The topological polar surface area (TPSA) is 124 Å². The zero-order chi connectivity index (χ0) is 12.5. The molecule has 8 nitrogen and oxygen atoms in total. The van der Waals surface area contributed by atoms with Gasteiger partial charge in [-0.1, -0.05) is 13.0 Å². The van der Waals surface area contributed by atoms with E-state index in [1.54, 1.807) is 0 Å². The summed E-state index contributed by atoms with van der Waals surface area (Å²) in [6, 6.07) is 0. The number of rotatable bonds is 3. The molecular weight excluding hydrogens is 220 g/mol. The summed E-state index contributed by atoms with van der Waals surface area (Å²) in [6.45, 7) is 1.32. The Morgan fingerprint density at radius 2 is 2.06 bits per heavy atom. The van der Waals surface area contributed by atoms with Gasteiger partial charge >= 0.3 is 11.5 Å². The molecule has 0 saturated carbocycles. The van der Waals surface area contributed by atoms with E-state index in [1.165, 1.54) is 6.92 Å². The number of nitrogens with zero attached hydrogens (tertiary/aromatic N) is 2. The second-order valence-electron chi connectivity index (χ2n) is 3.36. The van der Waals surface area contributed by atoms with E-state index in [1.807, 2.05) is 0 Å². The summed E-state index contributed by atoms with van der Waals surface area (Å²) in [7, 11) is 0. The third-order valence-corrected chi connectivity index (χ3v) is 2.47. The smallest absolute Gasteiger partial charge is 0.387 e. The van der Waals surface area contributed by atoms with Crippen molar-refractivity contribution in [3.63, 3.8) is 0 Å². The molecule has 0 fully saturated rings. The van der Waals surface area contributed by atoms with Crippen molar-refractivity contribution in [1.29, 1.82) is 0 Å². The third-order valence-electron chi connectivity index (χ3n) is 2.47. The molecule has 2 unspecified atom stereocenters. The van der Waals surface area contributed by atoms with Crippen LogP contribution < -0.4 is 0 Å². The minimum absolute atomic E-state index is 0.569. The summed E-state index contributed by atoms with van der Waals surface area (Å²) in [6.07, 6.45) is 2.78. The Labute approximate surface area is 89.2 Å². The predicted octanol–water partition coefficient (Wildman–Crippen LogP) is 0.453. The molecule has 1 N–H and O–H groups in total. The van der Waals surface area contributed by atoms with Crippen molar-refractivity contribution in [2.45, 2.75) is 12.5 Å². The van der Waals surface area contributed by atoms with Crippen molar-refractivity contribution in [3.05, 3.63) is 44.2 Å². The van der Waals surface area contributed by atoms with Crippen LogP contribution in [0.5, 0.6) is 0 Å². The van der Waals surface area contributed by atoms with Crippen molar-refractivity contribution in [1.82, 2.24) is 0 Å². The molecule has 0 aromatic rings. The zero-order valence-electron chi connectivity index (χ0n) is 8.19. The molecule has 1 rings (SSSR count). The molecule has 86 valence electrons. The molecule has 8 heteroatoms. The number of carbonyl (C=O) groups is 1. The zero-order valence-corrected chi connectivity index (χ0v) is 8.19. The fourth-order valence-corrected chi connectivity index (χ4v) is 1.46. The molecule has 1 aliphatic rings. The fraction of sp³-hybridized carbons (Fsp3) is 0.375. The molecule has 0 aliphatic heterocycles. The highest BCUT2D eigenvalue weighted by Crippen LogP contribution is 2.30. The van der Waals surface area contributed by atoms with Crippen LogP contribution in [-0.4, -0.2) is 26.5 Å². The molecule has 0 bridgehead atoms. The van der Waals surface area contributed by atoms with Crippen LogP contribution in [0.25, 0.3) is 0 Å². The van der Waals surface area contributed by atoms with E-state index in [0.29, 0.717) is 6.08 Å². The normalized spacial score (nSPS) is 28.3. The molecule has 2 atom stereocenters. The largest absolute Gasteiger partial charge is 0.476 e. The lowest BCUT2D eigenvalue weighted by atomic mass is 9.81. The summed E-state index contributed by atoms with van der Waals surface area (Å²) in [5.41, 5.74) is -3.05. The van der Waals surface area contributed by atoms with Gasteiger partial charge in [-0.2, -0.15) is 0 Å². The molecule has 0 amide bonds. The van der Waals surface area contributed by atoms with Gasteiger partial charge < -0.3 is 5.11 Å². The fourth-order valence-electron chi connectivity index (χ4n) is 1.46. The van der Waals surface area contributed by atoms with Gasteiger partial charge in [0.05, 0.1) is 16.9 Å². The first kappa shape index (κ1) is 11.8. The molecule has 0 spiro atoms. The second-order valence-corrected chi connectivity index (χ2v) is 3.36. The lowest BCUT2D eigenvalue weighted by Crippen LogP contribution is -2.51. The Morgan fingerprint density at radius 3 is 2.44 bits per heavy atom. The van der Waals surface area contributed by atoms with Gasteiger partial charge in [0.15, 0.2) is 0 Å². The van der Waals surface area contributed by atoms with Crippen LogP contribution in [-0.2, 0) is 4.79 Å². The van der Waals surface area contributed by atoms with Crippen molar-refractivity contribution < 1.29 is 19.7 Å². The van der Waals surface area contributed by atoms with Crippen molar-refractivity contribution in [2.24, 2.45) is 5.92 Å². The minimum Gasteiger partial charge on any atom is -0.476 e. The number of carboxylic acid groups (broad SMARTS) is 1. The highest BCUT2D eigenvalue weighted by molar-refractivity contribution is 5.81. The number of carboxylic acids is 1. The molecular formula is C8H8N2O6. The van der Waals surface area contributed by atoms with E-state index in [4.69, 9.17) is 5.11 Å². The quantitative estimate of drug-likeness (QED) is 0.552. The standard InChI is InChI=1S/C8H8N2O6/c1-5-2-3-6(9(13)14)4-8(5,7(11)12)10(15)16/h2-5H,1H3,(H,11,12). The molecule has 0 aromatic heterocycles. The number of hydrogen-bond donors (Lipinski definition) is 1. The Morgan fingerprint density at radius 1 is 1.50 bits per heavy atom. The number of aliphatic carboxylic acids is 1. The Hall–Kier alpha value is -2.25. The lowest BCUT2D eigenvalue weighted by Gasteiger charge is -2.23. The second kappa shape index (κ2) is 3.72. The van der Waals surface area contributed by atoms with E-state index < -0.39 is 33.0 Å². The molecule has 0 aromatic carbocycles. The Balaban J connectivity index is 3.38. The summed E-state index contributed by atoms with van der Waals surface area (Å²) >= 11 is 0. The van der Waals surface area contributed by atoms with Crippen molar-refractivity contribution >= 4 is 5.97 Å². The maximum absolute atomic E-state index is 11.0. The summed E-state index contributed by atoms with van der Waals surface area (Å²) < 4.78 is 0. The van der Waals surface area contributed by atoms with Gasteiger partial charge in [0.2, 0.25) is 0 Å². The average Bonchev–Trinajstić information content (AvgIpc) is 2.16. The van der Waals surface area contributed by atoms with Gasteiger partial charge in [-0.05, 0) is 0 Å². The van der Waals surface area contributed by atoms with Crippen LogP contribution in [0.2, 0.25) is 0 Å². The lowest BCUT2D eigenvalue weighted by molar-refractivity contribution is -0.550. The van der Waals surface area contributed by atoms with Crippen LogP contribution in [0.15, 0.2) is 23.9 Å². The van der Waals surface area contributed by atoms with Gasteiger partial charge in [0, 0.05) is 11.0 Å². The highest BCUT2D eigenvalue weighted by atomic mass is 16.6. The van der Waals surface area contributed by atoms with Crippen LogP contribution in [0.4, 0.5) is 0 Å². The van der Waals surface area contributed by atoms with Crippen LogP contribution >= 0.6 is 0 Å². The van der Waals surface area contributed by atoms with Gasteiger partial charge in [-0.25, -0.2) is 4.79 Å². The van der Waals surface area contributed by atoms with E-state index in [9.17, 15) is 25.0 Å². The molecule has 0 saturated heterocycles. The van der Waals surface area contributed by atoms with Crippen molar-refractivity contribution in [2.75, 3.05) is 0 Å². The SMILES string of the molecule is CC1C=CC([N+](=O)[O-])=CC1(C(=O)O)[N+](=O)[O-]. The van der Waals surface area contributed by atoms with Gasteiger partial charge in [-0.3, -0.25) is 20.2 Å². The van der Waals surface area contributed by atoms with E-state index >= 15 is 0 Å². The maximum atomic E-state index is 11.0. The average molecular weight is 228 g/mol. The molecule has 1 aliphatic carbocycles. The summed E-state index contributed by atoms with van der Waals surface area (Å²) in [4.78, 5) is 30.4. The first-order valence-electron chi connectivity index (χ1n) is 4.25. The van der Waals surface area contributed by atoms with Gasteiger partial charge in [-0.15, -0.1) is 0 Å². The Kier molecular flexibility index (Phi) is 2.75. The maximum Gasteiger partial charge on any atom is 0.387 e. The van der Waals surface area contributed by atoms with E-state index in [-0.39, 0.29) is 0 Å². The number of hydrogen-bond acceptors (Lipinski definition) is 5. The molecule has 16 heavy (non-hydrogen) atoms. The number of allylic oxidation sites excluding steroid dienone is 1. The first-order valence-corrected chi connectivity index (χ1v) is 4.25. The van der Waals surface area contributed by atoms with Gasteiger partial charge in [0.25, 0.3) is 5.70 Å². The Bertz CT molecular complexity index is 410. The molecule has 0 radical (unpaired) electrons. The third kappa shape index (κ3) is 1.53. The minimum atomic E-state index is -2.46. The highest BCUT2D eigenvalue weighted by Gasteiger charge is 2.56. The first-order chi connectivity index (χ1) is 7.32. The van der Waals surface area contributed by atoms with Crippen LogP contribution in [0, 0.1) is 26.1 Å². The van der Waals surface area contributed by atoms with Crippen LogP contribution in [0.1, 0.15) is 6.92 Å². The number of nitro groups is 2. The van der Waals surface area contributed by atoms with E-state index in [2.05, 4.69) is 0 Å². The molecule has 0 heterocycles. The van der Waals surface area contributed by atoms with Crippen molar-refractivity contribution in [3.8, 4) is 0 Å². The van der Waals surface area contributed by atoms with Gasteiger partial charge in [0.1, 0.15) is 0 Å². The summed E-state index contributed by atoms with van der Waals surface area (Å²) in [5.74, 6) is -2.67. The monoisotopic (exact) mass is 228 g/mol. The summed E-state index contributed by atoms with van der Waals surface area (Å²) in [5, 5.41) is 30.2. The predicted molar refractivity (Wildman–Crippen MR) is 50.7 cm³/mol. The van der Waals surface area contributed by atoms with E-state index in [0.717, 1.165) is 12.2 Å².